The van der Waals surface area contributed by atoms with Gasteiger partial charge in [0.05, 0.1) is 12.3 Å². The summed E-state index contributed by atoms with van der Waals surface area (Å²) in [6, 6.07) is -0.114. The van der Waals surface area contributed by atoms with Gasteiger partial charge in [0, 0.05) is 12.5 Å². The van der Waals surface area contributed by atoms with Gasteiger partial charge in [0.25, 0.3) is 0 Å². The summed E-state index contributed by atoms with van der Waals surface area (Å²) in [4.78, 5) is 4.18. The van der Waals surface area contributed by atoms with Crippen LogP contribution in [0.3, 0.4) is 0 Å². The molecule has 0 aromatic heterocycles. The van der Waals surface area contributed by atoms with Gasteiger partial charge in [0.1, 0.15) is 0 Å². The molecule has 0 saturated carbocycles. The van der Waals surface area contributed by atoms with Gasteiger partial charge in [-0.2, -0.15) is 0 Å². The second-order valence-electron chi connectivity index (χ2n) is 4.28. The van der Waals surface area contributed by atoms with Crippen molar-refractivity contribution in [2.75, 3.05) is 28.2 Å². The zero-order valence-corrected chi connectivity index (χ0v) is 10.1. The van der Waals surface area contributed by atoms with E-state index in [9.17, 15) is 5.11 Å². The fourth-order valence-electron chi connectivity index (χ4n) is 1.55. The van der Waals surface area contributed by atoms with Crippen molar-refractivity contribution in [3.8, 4) is 0 Å². The van der Waals surface area contributed by atoms with Crippen molar-refractivity contribution in [2.45, 2.75) is 38.1 Å². The van der Waals surface area contributed by atoms with E-state index in [0.717, 1.165) is 6.42 Å². The highest BCUT2D eigenvalue weighted by Crippen LogP contribution is 2.09. The highest BCUT2D eigenvalue weighted by atomic mass is 16.3. The van der Waals surface area contributed by atoms with E-state index in [2.05, 4.69) is 9.80 Å². The lowest BCUT2D eigenvalue weighted by molar-refractivity contribution is 0.0450. The number of nitrogens with zero attached hydrogens (tertiary/aromatic N) is 2. The van der Waals surface area contributed by atoms with E-state index < -0.39 is 6.10 Å². The van der Waals surface area contributed by atoms with E-state index in [1.54, 1.807) is 0 Å². The third-order valence-corrected chi connectivity index (χ3v) is 2.61. The molecule has 0 aliphatic carbocycles. The van der Waals surface area contributed by atoms with Crippen LogP contribution in [-0.4, -0.2) is 61.4 Å². The molecule has 0 fully saturated rings. The summed E-state index contributed by atoms with van der Waals surface area (Å²) in [5.74, 6) is 0. The maximum Gasteiger partial charge on any atom is 0.0718 e. The molecule has 3 N–H and O–H groups in total. The molecule has 14 heavy (non-hydrogen) atoms. The van der Waals surface area contributed by atoms with E-state index >= 15 is 0 Å². The van der Waals surface area contributed by atoms with Crippen LogP contribution in [0, 0.1) is 0 Å². The molecular weight excluding hydrogens is 178 g/mol. The zero-order valence-electron chi connectivity index (χ0n) is 10.1. The second-order valence-corrected chi connectivity index (χ2v) is 4.28. The minimum absolute atomic E-state index is 0.114. The van der Waals surface area contributed by atoms with Crippen molar-refractivity contribution < 1.29 is 5.11 Å². The first-order valence-corrected chi connectivity index (χ1v) is 5.16. The van der Waals surface area contributed by atoms with E-state index in [4.69, 9.17) is 5.73 Å². The van der Waals surface area contributed by atoms with Crippen LogP contribution < -0.4 is 5.73 Å². The highest BCUT2D eigenvalue weighted by molar-refractivity contribution is 4.76. The molecule has 0 rings (SSSR count). The summed E-state index contributed by atoms with van der Waals surface area (Å²) >= 11 is 0. The Labute approximate surface area is 87.7 Å². The Hall–Kier alpha value is -0.160. The van der Waals surface area contributed by atoms with Gasteiger partial charge in [-0.1, -0.05) is 6.92 Å². The molecule has 0 aromatic carbocycles. The fraction of sp³-hybridized carbons (Fsp3) is 1.00. The topological polar surface area (TPSA) is 52.7 Å². The lowest BCUT2D eigenvalue weighted by Crippen LogP contribution is -2.46. The normalized spacial score (nSPS) is 16.7. The number of hydrogen-bond donors (Lipinski definition) is 2. The van der Waals surface area contributed by atoms with Crippen molar-refractivity contribution in [3.63, 3.8) is 0 Å². The van der Waals surface area contributed by atoms with Crippen molar-refractivity contribution >= 4 is 0 Å². The van der Waals surface area contributed by atoms with Gasteiger partial charge in [-0.25, -0.2) is 0 Å². The summed E-state index contributed by atoms with van der Waals surface area (Å²) in [6.45, 7) is 1.99. The average molecular weight is 203 g/mol. The SMILES string of the molecule is CCC(N)C(O)CC(N(C)C)N(C)C. The Morgan fingerprint density at radius 3 is 1.86 bits per heavy atom. The lowest BCUT2D eigenvalue weighted by atomic mass is 10.0. The van der Waals surface area contributed by atoms with E-state index in [0.29, 0.717) is 6.42 Å². The fourth-order valence-corrected chi connectivity index (χ4v) is 1.55. The molecule has 0 radical (unpaired) electrons. The summed E-state index contributed by atoms with van der Waals surface area (Å²) in [7, 11) is 8.04. The summed E-state index contributed by atoms with van der Waals surface area (Å²) in [6.07, 6.45) is 1.32. The minimum atomic E-state index is -0.421. The molecule has 0 aromatic rings. The first kappa shape index (κ1) is 13.8. The van der Waals surface area contributed by atoms with Crippen LogP contribution in [0.1, 0.15) is 19.8 Å². The Morgan fingerprint density at radius 2 is 1.57 bits per heavy atom. The first-order chi connectivity index (χ1) is 6.40. The molecule has 4 nitrogen and oxygen atoms in total. The standard InChI is InChI=1S/C10H25N3O/c1-6-8(11)9(14)7-10(12(2)3)13(4)5/h8-10,14H,6-7,11H2,1-5H3. The maximum absolute atomic E-state index is 9.81. The lowest BCUT2D eigenvalue weighted by Gasteiger charge is -2.33. The summed E-state index contributed by atoms with van der Waals surface area (Å²) in [5, 5.41) is 9.81. The van der Waals surface area contributed by atoms with Gasteiger partial charge < -0.3 is 10.8 Å². The highest BCUT2D eigenvalue weighted by Gasteiger charge is 2.21. The van der Waals surface area contributed by atoms with Gasteiger partial charge in [0.15, 0.2) is 0 Å². The quantitative estimate of drug-likeness (QED) is 0.593. The van der Waals surface area contributed by atoms with E-state index in [1.165, 1.54) is 0 Å². The number of hydrogen-bond acceptors (Lipinski definition) is 4. The van der Waals surface area contributed by atoms with Gasteiger partial charge in [-0.3, -0.25) is 9.80 Å². The molecular formula is C10H25N3O. The van der Waals surface area contributed by atoms with Gasteiger partial charge >= 0.3 is 0 Å². The molecule has 0 bridgehead atoms. The first-order valence-electron chi connectivity index (χ1n) is 5.16. The van der Waals surface area contributed by atoms with Crippen LogP contribution in [0.15, 0.2) is 0 Å². The van der Waals surface area contributed by atoms with E-state index in [-0.39, 0.29) is 12.2 Å². The number of aliphatic hydroxyl groups excluding tert-OH is 1. The monoisotopic (exact) mass is 203 g/mol. The number of aliphatic hydroxyl groups is 1. The molecule has 0 spiro atoms. The van der Waals surface area contributed by atoms with Crippen molar-refractivity contribution in [2.24, 2.45) is 5.73 Å². The van der Waals surface area contributed by atoms with Crippen LogP contribution in [0.2, 0.25) is 0 Å². The van der Waals surface area contributed by atoms with Crippen LogP contribution in [0.5, 0.6) is 0 Å². The van der Waals surface area contributed by atoms with Gasteiger partial charge in [-0.15, -0.1) is 0 Å². The zero-order chi connectivity index (χ0) is 11.3. The molecule has 2 unspecified atom stereocenters. The number of nitrogens with two attached hydrogens (primary N) is 1. The van der Waals surface area contributed by atoms with Crippen LogP contribution >= 0.6 is 0 Å². The molecule has 2 atom stereocenters. The Morgan fingerprint density at radius 1 is 1.14 bits per heavy atom. The Bertz CT molecular complexity index is 142. The van der Waals surface area contributed by atoms with Crippen molar-refractivity contribution in [1.82, 2.24) is 9.80 Å². The predicted octanol–water partition coefficient (Wildman–Crippen LogP) is -0.0760. The minimum Gasteiger partial charge on any atom is -0.391 e. The molecule has 4 heteroatoms. The van der Waals surface area contributed by atoms with Crippen molar-refractivity contribution in [1.29, 1.82) is 0 Å². The molecule has 0 saturated heterocycles. The molecule has 0 amide bonds. The summed E-state index contributed by atoms with van der Waals surface area (Å²) < 4.78 is 0. The third kappa shape index (κ3) is 4.37. The van der Waals surface area contributed by atoms with Crippen LogP contribution in [-0.2, 0) is 0 Å². The van der Waals surface area contributed by atoms with Gasteiger partial charge in [-0.05, 0) is 34.6 Å². The summed E-state index contributed by atoms with van der Waals surface area (Å²) in [5.41, 5.74) is 5.78. The Kier molecular flexibility index (Phi) is 6.27. The van der Waals surface area contributed by atoms with Gasteiger partial charge in [0.2, 0.25) is 0 Å². The maximum atomic E-state index is 9.81. The number of rotatable bonds is 6. The van der Waals surface area contributed by atoms with E-state index in [1.807, 2.05) is 35.1 Å². The molecule has 0 heterocycles. The molecule has 0 aliphatic heterocycles. The largest absolute Gasteiger partial charge is 0.391 e. The Balaban J connectivity index is 4.16. The molecule has 86 valence electrons. The van der Waals surface area contributed by atoms with Crippen LogP contribution in [0.25, 0.3) is 0 Å². The van der Waals surface area contributed by atoms with Crippen LogP contribution in [0.4, 0.5) is 0 Å². The average Bonchev–Trinajstić information content (AvgIpc) is 2.11. The predicted molar refractivity (Wildman–Crippen MR) is 60.1 cm³/mol. The third-order valence-electron chi connectivity index (χ3n) is 2.61. The second kappa shape index (κ2) is 6.35. The van der Waals surface area contributed by atoms with Crippen molar-refractivity contribution in [3.05, 3.63) is 0 Å². The molecule has 0 aliphatic rings. The smallest absolute Gasteiger partial charge is 0.0718 e.